The van der Waals surface area contributed by atoms with E-state index in [0.29, 0.717) is 6.42 Å². The number of carbonyl (C=O) groups excluding carboxylic acids is 2. The first-order valence-electron chi connectivity index (χ1n) is 7.26. The van der Waals surface area contributed by atoms with E-state index in [1.165, 1.54) is 11.3 Å². The van der Waals surface area contributed by atoms with Gasteiger partial charge in [-0.25, -0.2) is 0 Å². The van der Waals surface area contributed by atoms with Crippen molar-refractivity contribution in [1.82, 2.24) is 5.32 Å². The van der Waals surface area contributed by atoms with Gasteiger partial charge in [0.25, 0.3) is 5.91 Å². The maximum atomic E-state index is 12.2. The number of nitrogens with one attached hydrogen (secondary N) is 2. The molecule has 0 aliphatic rings. The third-order valence-corrected chi connectivity index (χ3v) is 4.45. The Morgan fingerprint density at radius 1 is 1.18 bits per heavy atom. The summed E-state index contributed by atoms with van der Waals surface area (Å²) in [6.45, 7) is 5.69. The van der Waals surface area contributed by atoms with E-state index in [4.69, 9.17) is 0 Å². The first-order valence-corrected chi connectivity index (χ1v) is 8.14. The molecular formula is C17H20N2O2S. The molecule has 1 aromatic heterocycles. The summed E-state index contributed by atoms with van der Waals surface area (Å²) in [5, 5.41) is 7.72. The summed E-state index contributed by atoms with van der Waals surface area (Å²) >= 11 is 1.45. The van der Waals surface area contributed by atoms with E-state index in [1.807, 2.05) is 56.5 Å². The zero-order valence-corrected chi connectivity index (χ0v) is 13.8. The molecule has 1 heterocycles. The number of hydrogen-bond acceptors (Lipinski definition) is 3. The fourth-order valence-corrected chi connectivity index (χ4v) is 2.88. The molecule has 2 N–H and O–H groups in total. The normalized spacial score (nSPS) is 11.8. The molecule has 0 aliphatic heterocycles. The zero-order chi connectivity index (χ0) is 16.1. The van der Waals surface area contributed by atoms with Gasteiger partial charge in [0.2, 0.25) is 5.91 Å². The second-order valence-electron chi connectivity index (χ2n) is 5.15. The quantitative estimate of drug-likeness (QED) is 0.879. The van der Waals surface area contributed by atoms with Crippen molar-refractivity contribution < 1.29 is 9.59 Å². The van der Waals surface area contributed by atoms with Crippen LogP contribution in [0.5, 0.6) is 0 Å². The van der Waals surface area contributed by atoms with Gasteiger partial charge in [-0.1, -0.05) is 19.1 Å². The second kappa shape index (κ2) is 7.22. The van der Waals surface area contributed by atoms with Crippen LogP contribution in [0, 0.1) is 6.92 Å². The highest BCUT2D eigenvalue weighted by Gasteiger charge is 2.14. The van der Waals surface area contributed by atoms with Gasteiger partial charge in [-0.05, 0) is 48.6 Å². The molecule has 0 saturated heterocycles. The lowest BCUT2D eigenvalue weighted by Crippen LogP contribution is -2.26. The van der Waals surface area contributed by atoms with Gasteiger partial charge in [-0.3, -0.25) is 9.59 Å². The largest absolute Gasteiger partial charge is 0.345 e. The number of carbonyl (C=O) groups is 2. The Balaban J connectivity index is 2.01. The average molecular weight is 316 g/mol. The summed E-state index contributed by atoms with van der Waals surface area (Å²) in [7, 11) is 0. The van der Waals surface area contributed by atoms with Gasteiger partial charge in [-0.15, -0.1) is 11.3 Å². The van der Waals surface area contributed by atoms with E-state index < -0.39 is 0 Å². The molecule has 0 aliphatic carbocycles. The summed E-state index contributed by atoms with van der Waals surface area (Å²) in [6.07, 6.45) is 0.453. The molecule has 0 spiro atoms. The standard InChI is InChI=1S/C17H20N2O2S/c1-4-15(20)19-14-7-5-13(6-8-14)12(3)18-17(21)16-11(2)9-10-22-16/h5-10,12H,4H2,1-3H3,(H,18,21)(H,19,20)/t12-/m1/s1. The third kappa shape index (κ3) is 3.95. The van der Waals surface area contributed by atoms with Crippen LogP contribution in [-0.4, -0.2) is 11.8 Å². The lowest BCUT2D eigenvalue weighted by Gasteiger charge is -2.15. The van der Waals surface area contributed by atoms with Gasteiger partial charge in [0.15, 0.2) is 0 Å². The van der Waals surface area contributed by atoms with Crippen molar-refractivity contribution in [1.29, 1.82) is 0 Å². The highest BCUT2D eigenvalue weighted by atomic mass is 32.1. The summed E-state index contributed by atoms with van der Waals surface area (Å²) in [4.78, 5) is 24.3. The van der Waals surface area contributed by atoms with Crippen LogP contribution in [-0.2, 0) is 4.79 Å². The second-order valence-corrected chi connectivity index (χ2v) is 6.07. The Hall–Kier alpha value is -2.14. The fourth-order valence-electron chi connectivity index (χ4n) is 2.06. The molecule has 0 saturated carbocycles. The van der Waals surface area contributed by atoms with Crippen molar-refractivity contribution in [3.8, 4) is 0 Å². The number of amides is 2. The van der Waals surface area contributed by atoms with E-state index >= 15 is 0 Å². The highest BCUT2D eigenvalue weighted by molar-refractivity contribution is 7.12. The number of thiophene rings is 1. The molecule has 116 valence electrons. The van der Waals surface area contributed by atoms with Crippen molar-refractivity contribution in [3.05, 3.63) is 51.7 Å². The van der Waals surface area contributed by atoms with Crippen LogP contribution in [0.25, 0.3) is 0 Å². The van der Waals surface area contributed by atoms with Crippen molar-refractivity contribution >= 4 is 28.8 Å². The number of rotatable bonds is 5. The molecule has 1 atom stereocenters. The Bertz CT molecular complexity index is 662. The minimum Gasteiger partial charge on any atom is -0.345 e. The Morgan fingerprint density at radius 2 is 1.86 bits per heavy atom. The molecule has 0 fully saturated rings. The topological polar surface area (TPSA) is 58.2 Å². The van der Waals surface area contributed by atoms with Crippen molar-refractivity contribution in [2.75, 3.05) is 5.32 Å². The molecule has 2 amide bonds. The maximum Gasteiger partial charge on any atom is 0.262 e. The van der Waals surface area contributed by atoms with E-state index in [-0.39, 0.29) is 17.9 Å². The molecule has 4 nitrogen and oxygen atoms in total. The predicted octanol–water partition coefficient (Wildman–Crippen LogP) is 3.90. The maximum absolute atomic E-state index is 12.2. The van der Waals surface area contributed by atoms with E-state index in [2.05, 4.69) is 10.6 Å². The fraction of sp³-hybridized carbons (Fsp3) is 0.294. The smallest absolute Gasteiger partial charge is 0.262 e. The molecule has 2 rings (SSSR count). The van der Waals surface area contributed by atoms with Gasteiger partial charge in [-0.2, -0.15) is 0 Å². The summed E-state index contributed by atoms with van der Waals surface area (Å²) < 4.78 is 0. The zero-order valence-electron chi connectivity index (χ0n) is 13.0. The minimum atomic E-state index is -0.0927. The first kappa shape index (κ1) is 16.2. The summed E-state index contributed by atoms with van der Waals surface area (Å²) in [5.41, 5.74) is 2.76. The average Bonchev–Trinajstić information content (AvgIpc) is 2.94. The molecular weight excluding hydrogens is 296 g/mol. The van der Waals surface area contributed by atoms with Crippen LogP contribution in [0.4, 0.5) is 5.69 Å². The van der Waals surface area contributed by atoms with Crippen molar-refractivity contribution in [3.63, 3.8) is 0 Å². The van der Waals surface area contributed by atoms with Crippen LogP contribution >= 0.6 is 11.3 Å². The van der Waals surface area contributed by atoms with Crippen LogP contribution in [0.15, 0.2) is 35.7 Å². The lowest BCUT2D eigenvalue weighted by atomic mass is 10.1. The highest BCUT2D eigenvalue weighted by Crippen LogP contribution is 2.19. The summed E-state index contributed by atoms with van der Waals surface area (Å²) in [6, 6.07) is 9.37. The van der Waals surface area contributed by atoms with Gasteiger partial charge in [0.1, 0.15) is 0 Å². The number of aryl methyl sites for hydroxylation is 1. The van der Waals surface area contributed by atoms with Gasteiger partial charge in [0, 0.05) is 12.1 Å². The molecule has 2 aromatic rings. The van der Waals surface area contributed by atoms with Crippen molar-refractivity contribution in [2.24, 2.45) is 0 Å². The molecule has 0 radical (unpaired) electrons. The molecule has 0 unspecified atom stereocenters. The number of hydrogen-bond donors (Lipinski definition) is 2. The van der Waals surface area contributed by atoms with Crippen LogP contribution in [0.2, 0.25) is 0 Å². The van der Waals surface area contributed by atoms with Gasteiger partial charge >= 0.3 is 0 Å². The monoisotopic (exact) mass is 316 g/mol. The van der Waals surface area contributed by atoms with Crippen LogP contribution < -0.4 is 10.6 Å². The molecule has 1 aromatic carbocycles. The third-order valence-electron chi connectivity index (χ3n) is 3.43. The minimum absolute atomic E-state index is 0.0118. The van der Waals surface area contributed by atoms with E-state index in [9.17, 15) is 9.59 Å². The Labute approximate surface area is 134 Å². The lowest BCUT2D eigenvalue weighted by molar-refractivity contribution is -0.115. The summed E-state index contributed by atoms with van der Waals surface area (Å²) in [5.74, 6) is -0.0642. The van der Waals surface area contributed by atoms with Crippen LogP contribution in [0.1, 0.15) is 47.1 Å². The number of anilines is 1. The van der Waals surface area contributed by atoms with E-state index in [0.717, 1.165) is 21.7 Å². The molecule has 0 bridgehead atoms. The Kier molecular flexibility index (Phi) is 5.33. The first-order chi connectivity index (χ1) is 10.5. The van der Waals surface area contributed by atoms with Crippen LogP contribution in [0.3, 0.4) is 0 Å². The van der Waals surface area contributed by atoms with E-state index in [1.54, 1.807) is 0 Å². The van der Waals surface area contributed by atoms with Gasteiger partial charge < -0.3 is 10.6 Å². The predicted molar refractivity (Wildman–Crippen MR) is 90.3 cm³/mol. The SMILES string of the molecule is CCC(=O)Nc1ccc([C@@H](C)NC(=O)c2sccc2C)cc1. The number of benzene rings is 1. The Morgan fingerprint density at radius 3 is 2.41 bits per heavy atom. The molecule has 22 heavy (non-hydrogen) atoms. The molecule has 5 heteroatoms. The van der Waals surface area contributed by atoms with Crippen molar-refractivity contribution in [2.45, 2.75) is 33.2 Å². The van der Waals surface area contributed by atoms with Gasteiger partial charge in [0.05, 0.1) is 10.9 Å².